The Morgan fingerprint density at radius 1 is 1.07 bits per heavy atom. The monoisotopic (exact) mass is 485 g/mol. The summed E-state index contributed by atoms with van der Waals surface area (Å²) in [6.45, 7) is 3.50. The average Bonchev–Trinajstić information content (AvgIpc) is 2.75. The Labute approximate surface area is 182 Å². The van der Waals surface area contributed by atoms with Gasteiger partial charge in [-0.25, -0.2) is 0 Å². The SMILES string of the molecule is COc1cccc2c1CC[C@H](N(CCI)[C@H](C)c1cccc3ccccc13)C2. The molecule has 0 fully saturated rings. The summed E-state index contributed by atoms with van der Waals surface area (Å²) in [4.78, 5) is 2.73. The number of ether oxygens (including phenoxy) is 1. The van der Waals surface area contributed by atoms with Crippen molar-refractivity contribution in [3.8, 4) is 5.75 Å². The third kappa shape index (κ3) is 3.79. The molecule has 3 aromatic rings. The number of benzene rings is 3. The van der Waals surface area contributed by atoms with Gasteiger partial charge < -0.3 is 4.74 Å². The molecule has 3 aromatic carbocycles. The molecular formula is C25H28INO. The highest BCUT2D eigenvalue weighted by molar-refractivity contribution is 14.1. The Bertz CT molecular complexity index is 949. The van der Waals surface area contributed by atoms with Crippen molar-refractivity contribution in [2.24, 2.45) is 0 Å². The Kier molecular flexibility index (Phi) is 6.22. The van der Waals surface area contributed by atoms with Gasteiger partial charge in [0.1, 0.15) is 5.75 Å². The first kappa shape index (κ1) is 19.7. The van der Waals surface area contributed by atoms with Crippen LogP contribution in [0, 0.1) is 0 Å². The zero-order valence-electron chi connectivity index (χ0n) is 16.7. The van der Waals surface area contributed by atoms with Crippen molar-refractivity contribution in [3.05, 3.63) is 77.4 Å². The van der Waals surface area contributed by atoms with Crippen molar-refractivity contribution >= 4 is 33.4 Å². The topological polar surface area (TPSA) is 12.5 Å². The lowest BCUT2D eigenvalue weighted by atomic mass is 9.85. The molecule has 4 rings (SSSR count). The van der Waals surface area contributed by atoms with Gasteiger partial charge >= 0.3 is 0 Å². The van der Waals surface area contributed by atoms with Crippen molar-refractivity contribution < 1.29 is 4.74 Å². The molecule has 0 spiro atoms. The highest BCUT2D eigenvalue weighted by atomic mass is 127. The number of fused-ring (bicyclic) bond motifs is 2. The summed E-state index contributed by atoms with van der Waals surface area (Å²) >= 11 is 2.52. The molecule has 0 saturated heterocycles. The van der Waals surface area contributed by atoms with Crippen LogP contribution in [0.1, 0.15) is 36.1 Å². The van der Waals surface area contributed by atoms with Gasteiger partial charge in [0.2, 0.25) is 0 Å². The van der Waals surface area contributed by atoms with E-state index in [0.29, 0.717) is 12.1 Å². The maximum Gasteiger partial charge on any atom is 0.122 e. The van der Waals surface area contributed by atoms with E-state index in [9.17, 15) is 0 Å². The minimum Gasteiger partial charge on any atom is -0.496 e. The molecule has 0 bridgehead atoms. The molecule has 28 heavy (non-hydrogen) atoms. The second kappa shape index (κ2) is 8.83. The zero-order chi connectivity index (χ0) is 19.5. The number of hydrogen-bond donors (Lipinski definition) is 0. The first-order valence-electron chi connectivity index (χ1n) is 10.2. The fourth-order valence-electron chi connectivity index (χ4n) is 4.81. The lowest BCUT2D eigenvalue weighted by Crippen LogP contribution is -2.42. The van der Waals surface area contributed by atoms with E-state index in [2.05, 4.69) is 95.1 Å². The summed E-state index contributed by atoms with van der Waals surface area (Å²) in [5.41, 5.74) is 4.31. The first-order valence-corrected chi connectivity index (χ1v) is 11.7. The van der Waals surface area contributed by atoms with Crippen molar-refractivity contribution in [2.45, 2.75) is 38.3 Å². The zero-order valence-corrected chi connectivity index (χ0v) is 18.9. The normalized spacial score (nSPS) is 17.5. The van der Waals surface area contributed by atoms with Gasteiger partial charge in [0.05, 0.1) is 7.11 Å². The average molecular weight is 485 g/mol. The molecule has 0 amide bonds. The number of methoxy groups -OCH3 is 1. The summed E-state index contributed by atoms with van der Waals surface area (Å²) in [7, 11) is 1.78. The smallest absolute Gasteiger partial charge is 0.122 e. The third-order valence-electron chi connectivity index (χ3n) is 6.22. The van der Waals surface area contributed by atoms with E-state index >= 15 is 0 Å². The van der Waals surface area contributed by atoms with Gasteiger partial charge in [-0.15, -0.1) is 0 Å². The van der Waals surface area contributed by atoms with Gasteiger partial charge in [-0.1, -0.05) is 77.2 Å². The van der Waals surface area contributed by atoms with Gasteiger partial charge in [0.15, 0.2) is 0 Å². The van der Waals surface area contributed by atoms with Crippen LogP contribution in [-0.2, 0) is 12.8 Å². The van der Waals surface area contributed by atoms with Crippen LogP contribution in [0.15, 0.2) is 60.7 Å². The minimum absolute atomic E-state index is 0.401. The van der Waals surface area contributed by atoms with E-state index < -0.39 is 0 Å². The molecule has 2 atom stereocenters. The van der Waals surface area contributed by atoms with Crippen LogP contribution in [0.25, 0.3) is 10.8 Å². The van der Waals surface area contributed by atoms with Crippen molar-refractivity contribution in [1.82, 2.24) is 4.90 Å². The second-order valence-corrected chi connectivity index (χ2v) is 8.74. The second-order valence-electron chi connectivity index (χ2n) is 7.67. The lowest BCUT2D eigenvalue weighted by Gasteiger charge is -2.39. The van der Waals surface area contributed by atoms with Crippen LogP contribution in [0.3, 0.4) is 0 Å². The van der Waals surface area contributed by atoms with Gasteiger partial charge in [0, 0.05) is 23.1 Å². The Balaban J connectivity index is 1.65. The molecular weight excluding hydrogens is 457 g/mol. The molecule has 146 valence electrons. The largest absolute Gasteiger partial charge is 0.496 e. The van der Waals surface area contributed by atoms with E-state index in [4.69, 9.17) is 4.74 Å². The summed E-state index contributed by atoms with van der Waals surface area (Å²) in [5.74, 6) is 1.05. The van der Waals surface area contributed by atoms with Crippen molar-refractivity contribution in [3.63, 3.8) is 0 Å². The van der Waals surface area contributed by atoms with Crippen LogP contribution in [-0.4, -0.2) is 29.0 Å². The molecule has 1 aliphatic rings. The molecule has 2 nitrogen and oxygen atoms in total. The summed E-state index contributed by atoms with van der Waals surface area (Å²) in [5, 5.41) is 2.72. The molecule has 0 unspecified atom stereocenters. The van der Waals surface area contributed by atoms with Gasteiger partial charge in [-0.2, -0.15) is 0 Å². The summed E-state index contributed by atoms with van der Waals surface area (Å²) < 4.78 is 6.75. The number of nitrogens with zero attached hydrogens (tertiary/aromatic N) is 1. The van der Waals surface area contributed by atoms with Gasteiger partial charge in [0.25, 0.3) is 0 Å². The quantitative estimate of drug-likeness (QED) is 0.304. The Morgan fingerprint density at radius 2 is 1.86 bits per heavy atom. The number of halogens is 1. The van der Waals surface area contributed by atoms with Crippen LogP contribution >= 0.6 is 22.6 Å². The fraction of sp³-hybridized carbons (Fsp3) is 0.360. The number of hydrogen-bond acceptors (Lipinski definition) is 2. The third-order valence-corrected chi connectivity index (χ3v) is 6.70. The van der Waals surface area contributed by atoms with Gasteiger partial charge in [-0.05, 0) is 59.7 Å². The molecule has 0 aromatic heterocycles. The van der Waals surface area contributed by atoms with Crippen LogP contribution in [0.2, 0.25) is 0 Å². The Hall–Kier alpha value is -1.59. The first-order chi connectivity index (χ1) is 13.7. The molecule has 0 N–H and O–H groups in total. The van der Waals surface area contributed by atoms with E-state index in [1.807, 2.05) is 0 Å². The van der Waals surface area contributed by atoms with E-state index in [1.165, 1.54) is 33.9 Å². The molecule has 0 aliphatic heterocycles. The van der Waals surface area contributed by atoms with E-state index in [1.54, 1.807) is 7.11 Å². The highest BCUT2D eigenvalue weighted by Crippen LogP contribution is 2.35. The minimum atomic E-state index is 0.401. The molecule has 0 heterocycles. The van der Waals surface area contributed by atoms with Crippen LogP contribution in [0.4, 0.5) is 0 Å². The predicted octanol–water partition coefficient (Wildman–Crippen LogP) is 6.20. The Morgan fingerprint density at radius 3 is 2.68 bits per heavy atom. The fourth-order valence-corrected chi connectivity index (χ4v) is 5.37. The lowest BCUT2D eigenvalue weighted by molar-refractivity contribution is 0.141. The van der Waals surface area contributed by atoms with E-state index in [-0.39, 0.29) is 0 Å². The maximum atomic E-state index is 5.61. The highest BCUT2D eigenvalue weighted by Gasteiger charge is 2.29. The molecule has 1 aliphatic carbocycles. The number of alkyl halides is 1. The molecule has 0 saturated carbocycles. The standard InChI is InChI=1S/C25H28INO/c1-18(22-11-5-8-19-7-3-4-10-23(19)22)27(16-15-26)21-13-14-24-20(17-21)9-6-12-25(24)28-2/h3-12,18,21H,13-17H2,1-2H3/t18-,21+/m1/s1. The molecule has 0 radical (unpaired) electrons. The molecule has 3 heteroatoms. The van der Waals surface area contributed by atoms with Crippen LogP contribution < -0.4 is 4.74 Å². The van der Waals surface area contributed by atoms with Crippen molar-refractivity contribution in [2.75, 3.05) is 18.1 Å². The predicted molar refractivity (Wildman–Crippen MR) is 127 cm³/mol. The summed E-state index contributed by atoms with van der Waals surface area (Å²) in [6, 6.07) is 23.0. The summed E-state index contributed by atoms with van der Waals surface area (Å²) in [6.07, 6.45) is 3.40. The van der Waals surface area contributed by atoms with Crippen LogP contribution in [0.5, 0.6) is 5.75 Å². The van der Waals surface area contributed by atoms with Gasteiger partial charge in [-0.3, -0.25) is 4.90 Å². The van der Waals surface area contributed by atoms with Crippen molar-refractivity contribution in [1.29, 1.82) is 0 Å². The van der Waals surface area contributed by atoms with E-state index in [0.717, 1.165) is 29.6 Å². The number of rotatable bonds is 6. The maximum absolute atomic E-state index is 5.61.